The first-order valence-electron chi connectivity index (χ1n) is 10.3. The molecule has 0 bridgehead atoms. The Balaban J connectivity index is 1.61. The summed E-state index contributed by atoms with van der Waals surface area (Å²) < 4.78 is 16.7. The van der Waals surface area contributed by atoms with Crippen molar-refractivity contribution in [3.05, 3.63) is 76.9 Å². The van der Waals surface area contributed by atoms with Crippen LogP contribution >= 0.6 is 0 Å². The van der Waals surface area contributed by atoms with Crippen molar-refractivity contribution in [2.75, 3.05) is 18.8 Å². The lowest BCUT2D eigenvalue weighted by molar-refractivity contribution is 0.0981. The molecule has 1 N–H and O–H groups in total. The molecule has 1 amide bonds. The molecule has 3 unspecified atom stereocenters. The van der Waals surface area contributed by atoms with Crippen LogP contribution in [-0.2, 0) is 0 Å². The maximum atomic E-state index is 13.4. The van der Waals surface area contributed by atoms with Gasteiger partial charge in [-0.25, -0.2) is 0 Å². The summed E-state index contributed by atoms with van der Waals surface area (Å²) in [6.07, 6.45) is 0. The molecule has 31 heavy (non-hydrogen) atoms. The van der Waals surface area contributed by atoms with Crippen LogP contribution in [0.5, 0.6) is 23.0 Å². The zero-order chi connectivity index (χ0) is 21.3. The maximum absolute atomic E-state index is 13.4. The van der Waals surface area contributed by atoms with Crippen molar-refractivity contribution in [1.82, 2.24) is 0 Å². The van der Waals surface area contributed by atoms with Crippen molar-refractivity contribution < 1.29 is 24.1 Å². The molecule has 3 heterocycles. The van der Waals surface area contributed by atoms with Gasteiger partial charge >= 0.3 is 0 Å². The molecule has 3 aromatic rings. The zero-order valence-corrected chi connectivity index (χ0v) is 17.2. The third-order valence-electron chi connectivity index (χ3n) is 6.71. The summed E-state index contributed by atoms with van der Waals surface area (Å²) in [5, 5.41) is 10.1. The minimum absolute atomic E-state index is 0.00861. The molecule has 3 atom stereocenters. The topological polar surface area (TPSA) is 68.2 Å². The lowest BCUT2D eigenvalue weighted by Gasteiger charge is -2.42. The number of hydrogen-bond donors (Lipinski definition) is 1. The first-order valence-corrected chi connectivity index (χ1v) is 10.3. The number of hydrogen-bond acceptors (Lipinski definition) is 5. The van der Waals surface area contributed by atoms with Crippen LogP contribution in [0, 0.1) is 5.92 Å². The van der Waals surface area contributed by atoms with Crippen LogP contribution < -0.4 is 19.1 Å². The molecular formula is C25H21NO5. The first kappa shape index (κ1) is 18.1. The van der Waals surface area contributed by atoms with Crippen LogP contribution in [0.2, 0.25) is 0 Å². The first-order chi connectivity index (χ1) is 15.1. The fourth-order valence-electron chi connectivity index (χ4n) is 5.36. The number of methoxy groups -OCH3 is 1. The molecule has 3 aromatic carbocycles. The van der Waals surface area contributed by atoms with Gasteiger partial charge in [-0.05, 0) is 46.9 Å². The quantitative estimate of drug-likeness (QED) is 0.662. The molecule has 0 spiro atoms. The van der Waals surface area contributed by atoms with Crippen molar-refractivity contribution >= 4 is 11.6 Å². The van der Waals surface area contributed by atoms with Crippen LogP contribution in [-0.4, -0.2) is 24.9 Å². The second kappa shape index (κ2) is 6.41. The summed E-state index contributed by atoms with van der Waals surface area (Å²) in [7, 11) is 1.54. The number of carbonyl (C=O) groups is 1. The third-order valence-corrected chi connectivity index (χ3v) is 6.71. The van der Waals surface area contributed by atoms with Gasteiger partial charge in [-0.15, -0.1) is 0 Å². The number of phenolic OH excluding ortho intramolecular Hbond substituents is 1. The van der Waals surface area contributed by atoms with Crippen molar-refractivity contribution in [3.8, 4) is 23.0 Å². The summed E-state index contributed by atoms with van der Waals surface area (Å²) in [6, 6.07) is 17.1. The summed E-state index contributed by atoms with van der Waals surface area (Å²) >= 11 is 0. The number of nitrogens with zero attached hydrogens (tertiary/aromatic N) is 1. The highest BCUT2D eigenvalue weighted by Gasteiger charge is 2.49. The van der Waals surface area contributed by atoms with Gasteiger partial charge in [0, 0.05) is 17.5 Å². The van der Waals surface area contributed by atoms with Gasteiger partial charge in [0.2, 0.25) is 6.79 Å². The Morgan fingerprint density at radius 2 is 1.81 bits per heavy atom. The van der Waals surface area contributed by atoms with E-state index >= 15 is 0 Å². The summed E-state index contributed by atoms with van der Waals surface area (Å²) in [5.74, 6) is 1.92. The van der Waals surface area contributed by atoms with Crippen LogP contribution in [0.15, 0.2) is 54.6 Å². The molecule has 0 saturated heterocycles. The number of carbonyl (C=O) groups excluding carboxylic acids is 1. The minimum atomic E-state index is -0.0960. The Labute approximate surface area is 179 Å². The standard InChI is InChI=1S/C25H21NO5/c1-13-23(14-7-8-19(27)20(9-14)29-2)17-10-21-22(31-12-30-21)11-18(17)26-24(13)15-5-3-4-6-16(15)25(26)28/h3-11,13,23-24,27H,12H2,1-2H3. The Morgan fingerprint density at radius 1 is 1.03 bits per heavy atom. The number of fused-ring (bicyclic) bond motifs is 6. The fourth-order valence-corrected chi connectivity index (χ4v) is 5.36. The van der Waals surface area contributed by atoms with E-state index in [1.807, 2.05) is 53.4 Å². The SMILES string of the molecule is COc1cc(C2c3cc4c(cc3N3C(=O)c5ccccc5C3C2C)OCO4)ccc1O. The molecule has 156 valence electrons. The van der Waals surface area contributed by atoms with Crippen molar-refractivity contribution in [1.29, 1.82) is 0 Å². The van der Waals surface area contributed by atoms with Crippen LogP contribution in [0.4, 0.5) is 5.69 Å². The van der Waals surface area contributed by atoms with Crippen molar-refractivity contribution in [3.63, 3.8) is 0 Å². The highest BCUT2D eigenvalue weighted by atomic mass is 16.7. The molecule has 0 aromatic heterocycles. The number of benzene rings is 3. The normalized spacial score (nSPS) is 22.7. The molecule has 6 heteroatoms. The lowest BCUT2D eigenvalue weighted by atomic mass is 9.72. The number of phenols is 1. The predicted octanol–water partition coefficient (Wildman–Crippen LogP) is 4.61. The van der Waals surface area contributed by atoms with Gasteiger partial charge in [0.05, 0.1) is 18.8 Å². The second-order valence-corrected chi connectivity index (χ2v) is 8.24. The van der Waals surface area contributed by atoms with Crippen LogP contribution in [0.1, 0.15) is 45.9 Å². The van der Waals surface area contributed by atoms with E-state index in [-0.39, 0.29) is 36.3 Å². The highest BCUT2D eigenvalue weighted by molar-refractivity contribution is 6.12. The van der Waals surface area contributed by atoms with Gasteiger partial charge < -0.3 is 24.2 Å². The summed E-state index contributed by atoms with van der Waals surface area (Å²) in [5.41, 5.74) is 4.64. The van der Waals surface area contributed by atoms with Gasteiger partial charge in [-0.3, -0.25) is 4.79 Å². The molecule has 0 saturated carbocycles. The van der Waals surface area contributed by atoms with E-state index in [2.05, 4.69) is 6.92 Å². The van der Waals surface area contributed by atoms with E-state index < -0.39 is 0 Å². The zero-order valence-electron chi connectivity index (χ0n) is 17.2. The molecule has 0 radical (unpaired) electrons. The molecule has 0 aliphatic carbocycles. The third kappa shape index (κ3) is 2.42. The lowest BCUT2D eigenvalue weighted by Crippen LogP contribution is -2.39. The number of anilines is 1. The van der Waals surface area contributed by atoms with E-state index in [4.69, 9.17) is 14.2 Å². The van der Waals surface area contributed by atoms with Gasteiger partial charge in [0.25, 0.3) is 5.91 Å². The number of rotatable bonds is 2. The highest BCUT2D eigenvalue weighted by Crippen LogP contribution is 2.57. The van der Waals surface area contributed by atoms with Gasteiger partial charge in [-0.2, -0.15) is 0 Å². The molecule has 3 aliphatic heterocycles. The number of aromatic hydroxyl groups is 1. The van der Waals surface area contributed by atoms with Crippen molar-refractivity contribution in [2.24, 2.45) is 5.92 Å². The van der Waals surface area contributed by atoms with Gasteiger partial charge in [0.15, 0.2) is 23.0 Å². The summed E-state index contributed by atoms with van der Waals surface area (Å²) in [4.78, 5) is 15.3. The van der Waals surface area contributed by atoms with E-state index in [1.54, 1.807) is 13.2 Å². The largest absolute Gasteiger partial charge is 0.504 e. The Morgan fingerprint density at radius 3 is 2.61 bits per heavy atom. The number of ether oxygens (including phenoxy) is 3. The smallest absolute Gasteiger partial charge is 0.259 e. The Hall–Kier alpha value is -3.67. The van der Waals surface area contributed by atoms with Gasteiger partial charge in [-0.1, -0.05) is 31.2 Å². The molecule has 3 aliphatic rings. The van der Waals surface area contributed by atoms with Crippen LogP contribution in [0.3, 0.4) is 0 Å². The summed E-state index contributed by atoms with van der Waals surface area (Å²) in [6.45, 7) is 2.34. The Bertz CT molecular complexity index is 1240. The molecule has 0 fully saturated rings. The average molecular weight is 415 g/mol. The molecule has 6 rings (SSSR count). The van der Waals surface area contributed by atoms with Crippen LogP contribution in [0.25, 0.3) is 0 Å². The monoisotopic (exact) mass is 415 g/mol. The predicted molar refractivity (Wildman–Crippen MR) is 114 cm³/mol. The van der Waals surface area contributed by atoms with E-state index in [0.717, 1.165) is 27.9 Å². The second-order valence-electron chi connectivity index (χ2n) is 8.24. The average Bonchev–Trinajstić information content (AvgIpc) is 3.36. The minimum Gasteiger partial charge on any atom is -0.504 e. The van der Waals surface area contributed by atoms with E-state index in [0.29, 0.717) is 17.2 Å². The fraction of sp³-hybridized carbons (Fsp3) is 0.240. The van der Waals surface area contributed by atoms with Gasteiger partial charge in [0.1, 0.15) is 0 Å². The van der Waals surface area contributed by atoms with E-state index in [1.165, 1.54) is 0 Å². The maximum Gasteiger partial charge on any atom is 0.259 e. The van der Waals surface area contributed by atoms with E-state index in [9.17, 15) is 9.90 Å². The molecule has 6 nitrogen and oxygen atoms in total. The van der Waals surface area contributed by atoms with Crippen molar-refractivity contribution in [2.45, 2.75) is 18.9 Å². The molecular weight excluding hydrogens is 394 g/mol. The Kier molecular flexibility index (Phi) is 3.75. The number of amides is 1.